The largest absolute Gasteiger partial charge is 0.496 e. The summed E-state index contributed by atoms with van der Waals surface area (Å²) in [5, 5.41) is 19.8. The predicted molar refractivity (Wildman–Crippen MR) is 88.1 cm³/mol. The molecule has 2 saturated heterocycles. The summed E-state index contributed by atoms with van der Waals surface area (Å²) in [6, 6.07) is 6.21. The molecule has 1 aromatic carbocycles. The number of aliphatic hydroxyl groups is 1. The number of carboxylic acid groups (broad SMARTS) is 1. The van der Waals surface area contributed by atoms with Crippen molar-refractivity contribution in [2.24, 2.45) is 5.92 Å². The highest BCUT2D eigenvalue weighted by Crippen LogP contribution is 2.47. The van der Waals surface area contributed by atoms with Crippen molar-refractivity contribution in [2.45, 2.75) is 37.0 Å². The summed E-state index contributed by atoms with van der Waals surface area (Å²) >= 11 is 0. The highest BCUT2D eigenvalue weighted by Gasteiger charge is 2.55. The molecule has 2 bridgehead atoms. The molecule has 6 heteroatoms. The summed E-state index contributed by atoms with van der Waals surface area (Å²) in [4.78, 5) is 16.3. The van der Waals surface area contributed by atoms with Gasteiger partial charge in [-0.25, -0.2) is 0 Å². The molecule has 0 saturated carbocycles. The third kappa shape index (κ3) is 2.10. The van der Waals surface area contributed by atoms with E-state index in [-0.39, 0.29) is 36.7 Å². The number of piperazine rings is 1. The summed E-state index contributed by atoms with van der Waals surface area (Å²) in [6.45, 7) is 0.814. The lowest BCUT2D eigenvalue weighted by Crippen LogP contribution is -2.63. The fourth-order valence-corrected chi connectivity index (χ4v) is 5.20. The molecule has 0 amide bonds. The number of hydrogen-bond acceptors (Lipinski definition) is 5. The van der Waals surface area contributed by atoms with Crippen LogP contribution < -0.4 is 4.74 Å². The van der Waals surface area contributed by atoms with Crippen molar-refractivity contribution in [1.29, 1.82) is 0 Å². The maximum Gasteiger partial charge on any atom is 0.308 e. The van der Waals surface area contributed by atoms with Crippen molar-refractivity contribution < 1.29 is 19.7 Å². The van der Waals surface area contributed by atoms with Crippen molar-refractivity contribution in [2.75, 3.05) is 27.3 Å². The Labute approximate surface area is 141 Å². The van der Waals surface area contributed by atoms with Crippen LogP contribution in [0.5, 0.6) is 5.75 Å². The second-order valence-corrected chi connectivity index (χ2v) is 7.19. The van der Waals surface area contributed by atoms with Gasteiger partial charge >= 0.3 is 5.97 Å². The smallest absolute Gasteiger partial charge is 0.308 e. The zero-order chi connectivity index (χ0) is 17.0. The van der Waals surface area contributed by atoms with Gasteiger partial charge < -0.3 is 14.9 Å². The van der Waals surface area contributed by atoms with Crippen LogP contribution >= 0.6 is 0 Å². The number of carbonyl (C=O) groups is 1. The lowest BCUT2D eigenvalue weighted by Gasteiger charge is -2.52. The van der Waals surface area contributed by atoms with E-state index in [0.717, 1.165) is 29.8 Å². The summed E-state index contributed by atoms with van der Waals surface area (Å²) < 4.78 is 5.53. The molecule has 2 fully saturated rings. The molecule has 0 radical (unpaired) electrons. The molecule has 24 heavy (non-hydrogen) atoms. The van der Waals surface area contributed by atoms with Gasteiger partial charge in [0.1, 0.15) is 5.75 Å². The maximum atomic E-state index is 11.7. The van der Waals surface area contributed by atoms with Crippen LogP contribution in [0.2, 0.25) is 0 Å². The Bertz CT molecular complexity index is 664. The number of ether oxygens (including phenoxy) is 1. The van der Waals surface area contributed by atoms with Crippen molar-refractivity contribution in [3.8, 4) is 5.75 Å². The Morgan fingerprint density at radius 2 is 2.21 bits per heavy atom. The van der Waals surface area contributed by atoms with Crippen LogP contribution in [0.3, 0.4) is 0 Å². The number of benzene rings is 1. The van der Waals surface area contributed by atoms with Gasteiger partial charge in [0, 0.05) is 30.2 Å². The zero-order valence-corrected chi connectivity index (χ0v) is 14.1. The molecule has 6 nitrogen and oxygen atoms in total. The maximum absolute atomic E-state index is 11.7. The molecule has 0 spiro atoms. The first-order chi connectivity index (χ1) is 11.6. The number of fused-ring (bicyclic) bond motifs is 5. The van der Waals surface area contributed by atoms with Gasteiger partial charge in [0.2, 0.25) is 0 Å². The monoisotopic (exact) mass is 332 g/mol. The number of methoxy groups -OCH3 is 1. The lowest BCUT2D eigenvalue weighted by molar-refractivity contribution is -0.143. The van der Waals surface area contributed by atoms with Crippen LogP contribution in [0.4, 0.5) is 0 Å². The molecular formula is C18H24N2O4. The number of nitrogens with zero attached hydrogens (tertiary/aromatic N) is 2. The van der Waals surface area contributed by atoms with E-state index in [0.29, 0.717) is 6.42 Å². The molecule has 3 aliphatic heterocycles. The molecule has 0 aliphatic carbocycles. The Hall–Kier alpha value is -1.63. The summed E-state index contributed by atoms with van der Waals surface area (Å²) in [6.07, 6.45) is 1.49. The lowest BCUT2D eigenvalue weighted by atomic mass is 9.81. The average Bonchev–Trinajstić information content (AvgIpc) is 2.79. The molecule has 4 unspecified atom stereocenters. The molecule has 3 heterocycles. The summed E-state index contributed by atoms with van der Waals surface area (Å²) in [7, 11) is 3.70. The van der Waals surface area contributed by atoms with E-state index in [2.05, 4.69) is 15.9 Å². The minimum atomic E-state index is -0.701. The van der Waals surface area contributed by atoms with Gasteiger partial charge in [-0.3, -0.25) is 14.6 Å². The van der Waals surface area contributed by atoms with E-state index in [1.807, 2.05) is 19.2 Å². The minimum absolute atomic E-state index is 0.00495. The number of likely N-dealkylation sites (N-methyl/N-ethyl adjacent to an activating group) is 1. The zero-order valence-electron chi connectivity index (χ0n) is 14.1. The fourth-order valence-electron chi connectivity index (χ4n) is 5.20. The van der Waals surface area contributed by atoms with Crippen LogP contribution in [0, 0.1) is 5.92 Å². The predicted octanol–water partition coefficient (Wildman–Crippen LogP) is 0.742. The van der Waals surface area contributed by atoms with Gasteiger partial charge in [0.05, 0.1) is 25.7 Å². The number of carboxylic acids is 1. The Kier molecular flexibility index (Phi) is 3.78. The van der Waals surface area contributed by atoms with Crippen LogP contribution in [0.15, 0.2) is 18.2 Å². The highest BCUT2D eigenvalue weighted by atomic mass is 16.5. The van der Waals surface area contributed by atoms with E-state index in [1.165, 1.54) is 0 Å². The SMILES string of the molecule is COc1cccc2c1[C@H](CO)N1CC3CC(C(=O)O)C(C1C2)N3C. The highest BCUT2D eigenvalue weighted by molar-refractivity contribution is 5.72. The average molecular weight is 332 g/mol. The van der Waals surface area contributed by atoms with E-state index in [9.17, 15) is 15.0 Å². The second-order valence-electron chi connectivity index (χ2n) is 7.19. The van der Waals surface area contributed by atoms with Gasteiger partial charge in [-0.1, -0.05) is 12.1 Å². The number of hydrogen-bond donors (Lipinski definition) is 2. The molecular weight excluding hydrogens is 308 g/mol. The molecule has 130 valence electrons. The van der Waals surface area contributed by atoms with Crippen LogP contribution in [0.1, 0.15) is 23.6 Å². The van der Waals surface area contributed by atoms with Crippen molar-refractivity contribution in [3.63, 3.8) is 0 Å². The summed E-state index contributed by atoms with van der Waals surface area (Å²) in [5.41, 5.74) is 2.23. The van der Waals surface area contributed by atoms with Gasteiger partial charge in [0.25, 0.3) is 0 Å². The third-order valence-corrected chi connectivity index (χ3v) is 6.26. The van der Waals surface area contributed by atoms with Crippen LogP contribution in [0.25, 0.3) is 0 Å². The Morgan fingerprint density at radius 3 is 2.88 bits per heavy atom. The topological polar surface area (TPSA) is 73.2 Å². The van der Waals surface area contributed by atoms with Crippen molar-refractivity contribution in [1.82, 2.24) is 9.80 Å². The summed E-state index contributed by atoms with van der Waals surface area (Å²) in [5.74, 6) is -0.222. The van der Waals surface area contributed by atoms with Gasteiger partial charge in [-0.05, 0) is 31.5 Å². The molecule has 3 aliphatic rings. The van der Waals surface area contributed by atoms with E-state index in [4.69, 9.17) is 4.74 Å². The first kappa shape index (κ1) is 15.9. The normalized spacial score (nSPS) is 35.4. The van der Waals surface area contributed by atoms with Crippen molar-refractivity contribution >= 4 is 5.97 Å². The Balaban J connectivity index is 1.79. The van der Waals surface area contributed by atoms with Gasteiger partial charge in [0.15, 0.2) is 0 Å². The molecule has 2 N–H and O–H groups in total. The number of aliphatic carboxylic acids is 1. The number of aliphatic hydroxyl groups excluding tert-OH is 1. The van der Waals surface area contributed by atoms with E-state index >= 15 is 0 Å². The first-order valence-corrected chi connectivity index (χ1v) is 8.54. The minimum Gasteiger partial charge on any atom is -0.496 e. The first-order valence-electron chi connectivity index (χ1n) is 8.54. The van der Waals surface area contributed by atoms with Gasteiger partial charge in [-0.15, -0.1) is 0 Å². The van der Waals surface area contributed by atoms with E-state index < -0.39 is 5.97 Å². The third-order valence-electron chi connectivity index (χ3n) is 6.26. The second kappa shape index (κ2) is 5.72. The van der Waals surface area contributed by atoms with E-state index in [1.54, 1.807) is 7.11 Å². The fraction of sp³-hybridized carbons (Fsp3) is 0.611. The standard InChI is InChI=1S/C18H24N2O4/c1-19-11-7-12(18(22)23)17(19)13-6-10-4-3-5-15(24-2)16(10)14(9-21)20(13)8-11/h3-5,11-14,17,21H,6-9H2,1-2H3,(H,22,23)/t11?,12?,13?,14-,17?/m0/s1. The van der Waals surface area contributed by atoms with Crippen molar-refractivity contribution in [3.05, 3.63) is 29.3 Å². The molecule has 4 rings (SSSR count). The van der Waals surface area contributed by atoms with Gasteiger partial charge in [-0.2, -0.15) is 0 Å². The molecule has 1 aromatic rings. The molecule has 5 atom stereocenters. The molecule has 0 aromatic heterocycles. The quantitative estimate of drug-likeness (QED) is 0.851. The Morgan fingerprint density at radius 1 is 1.42 bits per heavy atom. The van der Waals surface area contributed by atoms with Crippen LogP contribution in [-0.4, -0.2) is 71.4 Å². The number of rotatable bonds is 3. The van der Waals surface area contributed by atoms with Crippen LogP contribution in [-0.2, 0) is 11.2 Å².